The van der Waals surface area contributed by atoms with Gasteiger partial charge in [-0.05, 0) is 6.07 Å². The zero-order valence-corrected chi connectivity index (χ0v) is 26.0. The molecule has 3 atom stereocenters. The van der Waals surface area contributed by atoms with Crippen molar-refractivity contribution < 1.29 is 43.4 Å². The number of carboxylic acids is 1. The van der Waals surface area contributed by atoms with Crippen molar-refractivity contribution in [1.82, 2.24) is 9.13 Å². The van der Waals surface area contributed by atoms with Gasteiger partial charge in [-0.2, -0.15) is 0 Å². The first-order chi connectivity index (χ1) is 19.9. The molecule has 2 aromatic carbocycles. The zero-order valence-electron chi connectivity index (χ0n) is 23.6. The van der Waals surface area contributed by atoms with Crippen LogP contribution in [0.1, 0.15) is 55.1 Å². The van der Waals surface area contributed by atoms with E-state index in [0.717, 1.165) is 33.3 Å². The third-order valence-corrected chi connectivity index (χ3v) is 8.00. The van der Waals surface area contributed by atoms with Gasteiger partial charge in [-0.15, -0.1) is 0 Å². The molecule has 2 aromatic rings. The quantitative estimate of drug-likeness (QED) is 0.271. The molecule has 224 valence electrons. The van der Waals surface area contributed by atoms with E-state index in [4.69, 9.17) is 14.7 Å². The maximum Gasteiger partial charge on any atom is 0.338 e. The van der Waals surface area contributed by atoms with Gasteiger partial charge in [0.25, 0.3) is 0 Å². The molecule has 0 fully saturated rings. The standard InChI is InChI=1S/C21H28AsN3O7.C8H6O2/c1-12(2)8-18(27)24(22)13(3)21(31)23-15(10-20(29)30)17(26)11-32-25-16-7-5-4-6-14(16)9-19(25)28;9-8-7-4-2-1-3-6(7)5-10-8/h4-7,12-13,15H,8-11,22H2,1-3H3,(H,23,31)(H,29,30);1-4H,5H2. The molecule has 42 heavy (non-hydrogen) atoms. The second-order valence-corrected chi connectivity index (χ2v) is 11.4. The van der Waals surface area contributed by atoms with Gasteiger partial charge in [-0.1, -0.05) is 24.3 Å². The summed E-state index contributed by atoms with van der Waals surface area (Å²) < 4.78 is 6.10. The molecule has 0 aliphatic carbocycles. The first kappa shape index (κ1) is 32.5. The predicted octanol–water partition coefficient (Wildman–Crippen LogP) is 1.20. The summed E-state index contributed by atoms with van der Waals surface area (Å²) in [4.78, 5) is 77.1. The number of ether oxygens (including phenoxy) is 1. The van der Waals surface area contributed by atoms with E-state index < -0.39 is 42.8 Å². The number of ketones is 1. The summed E-state index contributed by atoms with van der Waals surface area (Å²) in [5, 5.41) is 12.6. The van der Waals surface area contributed by atoms with Crippen molar-refractivity contribution in [3.63, 3.8) is 0 Å². The van der Waals surface area contributed by atoms with Gasteiger partial charge in [0, 0.05) is 5.56 Å². The minimum Gasteiger partial charge on any atom is -0.457 e. The molecule has 3 amide bonds. The van der Waals surface area contributed by atoms with Crippen LogP contribution in [0.25, 0.3) is 0 Å². The number of cyclic esters (lactones) is 1. The first-order valence-corrected chi connectivity index (χ1v) is 14.4. The SMILES string of the molecule is CC(C)CC(=O)N([AsH2])C(C)C(=O)NC(CC(=O)O)C(=O)CON1C(=O)Cc2ccccc21.O=C1OCc2ccccc21. The molecule has 0 bridgehead atoms. The van der Waals surface area contributed by atoms with E-state index >= 15 is 0 Å². The van der Waals surface area contributed by atoms with E-state index in [9.17, 15) is 28.8 Å². The van der Waals surface area contributed by atoms with E-state index in [1.807, 2.05) is 32.0 Å². The molecule has 13 heteroatoms. The van der Waals surface area contributed by atoms with Crippen LogP contribution < -0.4 is 10.4 Å². The number of carboxylic acid groups (broad SMARTS) is 1. The Morgan fingerprint density at radius 3 is 2.31 bits per heavy atom. The number of nitrogens with one attached hydrogen (secondary N) is 1. The minimum atomic E-state index is -1.36. The molecule has 2 aliphatic rings. The molecule has 2 heterocycles. The van der Waals surface area contributed by atoms with Crippen molar-refractivity contribution in [1.29, 1.82) is 0 Å². The summed E-state index contributed by atoms with van der Waals surface area (Å²) >= 11 is 0.944. The summed E-state index contributed by atoms with van der Waals surface area (Å²) in [7, 11) is 0. The van der Waals surface area contributed by atoms with Gasteiger partial charge in [0.05, 0.1) is 5.56 Å². The molecule has 3 unspecified atom stereocenters. The van der Waals surface area contributed by atoms with Crippen LogP contribution in [0, 0.1) is 5.92 Å². The predicted molar refractivity (Wildman–Crippen MR) is 153 cm³/mol. The number of hydrogen-bond acceptors (Lipinski definition) is 8. The van der Waals surface area contributed by atoms with Gasteiger partial charge < -0.3 is 4.74 Å². The summed E-state index contributed by atoms with van der Waals surface area (Å²) in [6.07, 6.45) is -0.248. The van der Waals surface area contributed by atoms with Crippen LogP contribution in [-0.4, -0.2) is 80.1 Å². The molecule has 4 rings (SSSR count). The number of carbonyl (C=O) groups is 6. The number of esters is 1. The third kappa shape index (κ3) is 8.50. The smallest absolute Gasteiger partial charge is 0.338 e. The number of rotatable bonds is 11. The van der Waals surface area contributed by atoms with Crippen molar-refractivity contribution in [2.75, 3.05) is 11.7 Å². The molecule has 2 aliphatic heterocycles. The summed E-state index contributed by atoms with van der Waals surface area (Å²) in [5.74, 6) is -3.27. The number of para-hydroxylation sites is 1. The number of fused-ring (bicyclic) bond motifs is 2. The topological polar surface area (TPSA) is 160 Å². The number of anilines is 1. The van der Waals surface area contributed by atoms with Gasteiger partial charge >= 0.3 is 195 Å². The second-order valence-electron chi connectivity index (χ2n) is 10.2. The Morgan fingerprint density at radius 1 is 1.02 bits per heavy atom. The van der Waals surface area contributed by atoms with E-state index in [1.54, 1.807) is 30.3 Å². The van der Waals surface area contributed by atoms with Crippen LogP contribution in [0.5, 0.6) is 0 Å². The number of hydroxylamine groups is 1. The maximum atomic E-state index is 12.6. The molecule has 0 aromatic heterocycles. The van der Waals surface area contributed by atoms with Crippen molar-refractivity contribution >= 4 is 58.2 Å². The average molecular weight is 644 g/mol. The summed E-state index contributed by atoms with van der Waals surface area (Å²) in [5.41, 5.74) is 2.98. The number of benzene rings is 2. The largest absolute Gasteiger partial charge is 0.457 e. The van der Waals surface area contributed by atoms with Crippen molar-refractivity contribution in [3.8, 4) is 0 Å². The van der Waals surface area contributed by atoms with Crippen LogP contribution in [0.2, 0.25) is 0 Å². The fourth-order valence-electron chi connectivity index (χ4n) is 4.17. The second kappa shape index (κ2) is 14.7. The van der Waals surface area contributed by atoms with Gasteiger partial charge in [-0.3, -0.25) is 0 Å². The Morgan fingerprint density at radius 2 is 1.67 bits per heavy atom. The monoisotopic (exact) mass is 643 g/mol. The number of amides is 3. The maximum absolute atomic E-state index is 12.6. The van der Waals surface area contributed by atoms with Crippen molar-refractivity contribution in [2.45, 2.75) is 58.7 Å². The Bertz CT molecular complexity index is 1360. The normalized spacial score (nSPS) is 14.6. The Balaban J connectivity index is 0.000000401. The van der Waals surface area contributed by atoms with Gasteiger partial charge in [0.2, 0.25) is 0 Å². The number of nitrogens with zero attached hydrogens (tertiary/aromatic N) is 2. The van der Waals surface area contributed by atoms with Crippen LogP contribution >= 0.6 is 0 Å². The minimum absolute atomic E-state index is 0.118. The van der Waals surface area contributed by atoms with E-state index in [0.29, 0.717) is 17.9 Å². The number of carbonyl (C=O) groups excluding carboxylic acids is 5. The number of aliphatic carboxylic acids is 1. The molecular formula is C29H34AsN3O9. The van der Waals surface area contributed by atoms with Gasteiger partial charge in [-0.25, -0.2) is 4.79 Å². The number of Topliss-reactive ketones (excluding diaryl/α,β-unsaturated/α-hetero) is 1. The Kier molecular flexibility index (Phi) is 11.4. The summed E-state index contributed by atoms with van der Waals surface area (Å²) in [6.45, 7) is 5.12. The fourth-order valence-corrected chi connectivity index (χ4v) is 4.68. The Labute approximate surface area is 252 Å². The first-order valence-electron chi connectivity index (χ1n) is 13.3. The van der Waals surface area contributed by atoms with Gasteiger partial charge in [0.15, 0.2) is 0 Å². The van der Waals surface area contributed by atoms with E-state index in [1.165, 1.54) is 10.7 Å². The fraction of sp³-hybridized carbons (Fsp3) is 0.379. The molecule has 0 saturated heterocycles. The molecule has 0 radical (unpaired) electrons. The number of hydrogen-bond donors (Lipinski definition) is 2. The Hall–Kier alpha value is -4.02. The van der Waals surface area contributed by atoms with Crippen LogP contribution in [0.3, 0.4) is 0 Å². The van der Waals surface area contributed by atoms with Crippen molar-refractivity contribution in [2.24, 2.45) is 5.92 Å². The zero-order chi connectivity index (χ0) is 31.0. The molecule has 0 spiro atoms. The van der Waals surface area contributed by atoms with Crippen LogP contribution in [0.4, 0.5) is 5.69 Å². The molecular weight excluding hydrogens is 609 g/mol. The van der Waals surface area contributed by atoms with E-state index in [-0.39, 0.29) is 36.5 Å². The third-order valence-electron chi connectivity index (χ3n) is 6.46. The molecule has 0 saturated carbocycles. The van der Waals surface area contributed by atoms with E-state index in [2.05, 4.69) is 5.32 Å². The average Bonchev–Trinajstić information content (AvgIpc) is 3.48. The van der Waals surface area contributed by atoms with Gasteiger partial charge in [0.1, 0.15) is 6.61 Å². The van der Waals surface area contributed by atoms with Crippen molar-refractivity contribution in [3.05, 3.63) is 65.2 Å². The summed E-state index contributed by atoms with van der Waals surface area (Å²) in [6, 6.07) is 12.1. The molecule has 2 N–H and O–H groups in total. The van der Waals surface area contributed by atoms with Crippen LogP contribution in [0.15, 0.2) is 48.5 Å². The molecule has 12 nitrogen and oxygen atoms in total. The van der Waals surface area contributed by atoms with Crippen LogP contribution in [-0.2, 0) is 46.6 Å².